The minimum Gasteiger partial charge on any atom is -0.507 e. The van der Waals surface area contributed by atoms with Gasteiger partial charge in [-0.1, -0.05) is 18.2 Å². The van der Waals surface area contributed by atoms with E-state index in [0.29, 0.717) is 0 Å². The summed E-state index contributed by atoms with van der Waals surface area (Å²) >= 11 is 0. The van der Waals surface area contributed by atoms with Gasteiger partial charge < -0.3 is 9.84 Å². The number of ketones is 1. The van der Waals surface area contributed by atoms with Crippen LogP contribution in [-0.2, 0) is 20.5 Å². The summed E-state index contributed by atoms with van der Waals surface area (Å²) in [5, 5.41) is 9.63. The van der Waals surface area contributed by atoms with Gasteiger partial charge >= 0.3 is 12.1 Å². The Morgan fingerprint density at radius 3 is 2.57 bits per heavy atom. The topological polar surface area (TPSA) is 63.6 Å². The lowest BCUT2D eigenvalue weighted by molar-refractivity contribution is -0.137. The zero-order valence-corrected chi connectivity index (χ0v) is 10.5. The van der Waals surface area contributed by atoms with Gasteiger partial charge in [-0.3, -0.25) is 4.79 Å². The second-order valence-electron chi connectivity index (χ2n) is 4.22. The smallest absolute Gasteiger partial charge is 0.416 e. The Labute approximate surface area is 117 Å². The number of aliphatic hydroxyl groups excluding tert-OH is 1. The highest BCUT2D eigenvalue weighted by Gasteiger charge is 2.31. The molecule has 0 spiro atoms. The first-order chi connectivity index (χ1) is 9.79. The van der Waals surface area contributed by atoms with Crippen molar-refractivity contribution in [3.05, 3.63) is 52.8 Å². The molecule has 0 aliphatic carbocycles. The van der Waals surface area contributed by atoms with Crippen molar-refractivity contribution in [2.75, 3.05) is 6.61 Å². The molecule has 1 aliphatic heterocycles. The molecular weight excluding hydrogens is 289 g/mol. The standard InChI is InChI=1S/C14H9F3O4/c15-14(16,17)9-3-1-2-8(6-9)4-5-10(18)12-11(19)7-21-13(12)20/h1-6,18H,7H2. The Hall–Kier alpha value is -2.57. The van der Waals surface area contributed by atoms with Crippen molar-refractivity contribution in [1.29, 1.82) is 0 Å². The molecule has 0 atom stereocenters. The lowest BCUT2D eigenvalue weighted by Crippen LogP contribution is -2.05. The van der Waals surface area contributed by atoms with Gasteiger partial charge in [-0.2, -0.15) is 13.2 Å². The molecule has 1 heterocycles. The number of allylic oxidation sites excluding steroid dienone is 1. The van der Waals surface area contributed by atoms with Gasteiger partial charge in [0.2, 0.25) is 5.78 Å². The van der Waals surface area contributed by atoms with Gasteiger partial charge in [0.1, 0.15) is 11.3 Å². The average Bonchev–Trinajstić information content (AvgIpc) is 2.75. The number of hydrogen-bond acceptors (Lipinski definition) is 4. The van der Waals surface area contributed by atoms with E-state index in [4.69, 9.17) is 0 Å². The van der Waals surface area contributed by atoms with Gasteiger partial charge in [-0.25, -0.2) is 4.79 Å². The van der Waals surface area contributed by atoms with Crippen LogP contribution < -0.4 is 0 Å². The third-order valence-electron chi connectivity index (χ3n) is 2.72. The summed E-state index contributed by atoms with van der Waals surface area (Å²) in [5.74, 6) is -2.27. The van der Waals surface area contributed by atoms with Crippen LogP contribution in [0.25, 0.3) is 6.08 Å². The maximum Gasteiger partial charge on any atom is 0.416 e. The Balaban J connectivity index is 2.28. The number of carbonyl (C=O) groups excluding carboxylic acids is 2. The van der Waals surface area contributed by atoms with Crippen molar-refractivity contribution < 1.29 is 32.6 Å². The second kappa shape index (κ2) is 5.43. The fourth-order valence-electron chi connectivity index (χ4n) is 1.71. The Morgan fingerprint density at radius 1 is 1.29 bits per heavy atom. The normalized spacial score (nSPS) is 18.2. The van der Waals surface area contributed by atoms with Gasteiger partial charge in [0, 0.05) is 0 Å². The number of rotatable bonds is 2. The third-order valence-corrected chi connectivity index (χ3v) is 2.72. The van der Waals surface area contributed by atoms with E-state index in [1.54, 1.807) is 0 Å². The van der Waals surface area contributed by atoms with Gasteiger partial charge in [-0.05, 0) is 23.8 Å². The number of carbonyl (C=O) groups is 2. The van der Waals surface area contributed by atoms with E-state index < -0.39 is 41.4 Å². The quantitative estimate of drug-likeness (QED) is 0.394. The summed E-state index contributed by atoms with van der Waals surface area (Å²) in [6.45, 7) is -0.449. The maximum absolute atomic E-state index is 12.5. The first-order valence-electron chi connectivity index (χ1n) is 5.78. The SMILES string of the molecule is O=C1COC(=O)C1=C(O)C=Cc1cccc(C(F)(F)F)c1. The minimum absolute atomic E-state index is 0.163. The van der Waals surface area contributed by atoms with Gasteiger partial charge in [0.05, 0.1) is 5.56 Å². The highest BCUT2D eigenvalue weighted by atomic mass is 19.4. The van der Waals surface area contributed by atoms with E-state index in [1.165, 1.54) is 12.1 Å². The summed E-state index contributed by atoms with van der Waals surface area (Å²) in [6, 6.07) is 4.39. The molecule has 1 aromatic carbocycles. The van der Waals surface area contributed by atoms with Crippen LogP contribution in [0.2, 0.25) is 0 Å². The molecule has 1 fully saturated rings. The molecule has 1 N–H and O–H groups in total. The fourth-order valence-corrected chi connectivity index (χ4v) is 1.71. The zero-order chi connectivity index (χ0) is 15.6. The van der Waals surface area contributed by atoms with Crippen LogP contribution >= 0.6 is 0 Å². The first kappa shape index (κ1) is 14.8. The van der Waals surface area contributed by atoms with Crippen LogP contribution in [0.3, 0.4) is 0 Å². The summed E-state index contributed by atoms with van der Waals surface area (Å²) < 4.78 is 42.0. The highest BCUT2D eigenvalue weighted by molar-refractivity contribution is 6.22. The number of cyclic esters (lactones) is 1. The van der Waals surface area contributed by atoms with Crippen molar-refractivity contribution in [3.63, 3.8) is 0 Å². The van der Waals surface area contributed by atoms with Gasteiger partial charge in [0.15, 0.2) is 6.61 Å². The van der Waals surface area contributed by atoms with Crippen molar-refractivity contribution in [2.45, 2.75) is 6.18 Å². The van der Waals surface area contributed by atoms with Crippen molar-refractivity contribution in [1.82, 2.24) is 0 Å². The molecule has 21 heavy (non-hydrogen) atoms. The number of ether oxygens (including phenoxy) is 1. The third kappa shape index (κ3) is 3.31. The number of alkyl halides is 3. The van der Waals surface area contributed by atoms with Gasteiger partial charge in [-0.15, -0.1) is 0 Å². The molecule has 1 saturated heterocycles. The number of hydrogen-bond donors (Lipinski definition) is 1. The van der Waals surface area contributed by atoms with Crippen molar-refractivity contribution >= 4 is 17.8 Å². The summed E-state index contributed by atoms with van der Waals surface area (Å²) in [4.78, 5) is 22.5. The monoisotopic (exact) mass is 298 g/mol. The number of esters is 1. The molecular formula is C14H9F3O4. The van der Waals surface area contributed by atoms with E-state index in [2.05, 4.69) is 4.74 Å². The number of Topliss-reactive ketones (excluding diaryl/α,β-unsaturated/α-hetero) is 1. The van der Waals surface area contributed by atoms with E-state index in [1.807, 2.05) is 0 Å². The molecule has 110 valence electrons. The average molecular weight is 298 g/mol. The van der Waals surface area contributed by atoms with E-state index in [0.717, 1.165) is 24.3 Å². The number of halogens is 3. The molecule has 0 aromatic heterocycles. The molecule has 7 heteroatoms. The zero-order valence-electron chi connectivity index (χ0n) is 10.5. The Morgan fingerprint density at radius 2 is 2.00 bits per heavy atom. The van der Waals surface area contributed by atoms with Gasteiger partial charge in [0.25, 0.3) is 0 Å². The lowest BCUT2D eigenvalue weighted by atomic mass is 10.1. The van der Waals surface area contributed by atoms with Crippen molar-refractivity contribution in [3.8, 4) is 0 Å². The van der Waals surface area contributed by atoms with Crippen LogP contribution in [0.5, 0.6) is 0 Å². The van der Waals surface area contributed by atoms with E-state index in [9.17, 15) is 27.9 Å². The molecule has 1 aromatic rings. The molecule has 0 radical (unpaired) electrons. The van der Waals surface area contributed by atoms with Crippen molar-refractivity contribution in [2.24, 2.45) is 0 Å². The van der Waals surface area contributed by atoms with Crippen LogP contribution in [0.4, 0.5) is 13.2 Å². The Bertz CT molecular complexity index is 638. The summed E-state index contributed by atoms with van der Waals surface area (Å²) in [5.41, 5.74) is -1.18. The molecule has 0 amide bonds. The molecule has 0 saturated carbocycles. The summed E-state index contributed by atoms with van der Waals surface area (Å²) in [6.07, 6.45) is -2.33. The fraction of sp³-hybridized carbons (Fsp3) is 0.143. The Kier molecular flexibility index (Phi) is 3.84. The second-order valence-corrected chi connectivity index (χ2v) is 4.22. The minimum atomic E-state index is -4.48. The summed E-state index contributed by atoms with van der Waals surface area (Å²) in [7, 11) is 0. The molecule has 0 bridgehead atoms. The molecule has 1 aliphatic rings. The maximum atomic E-state index is 12.5. The van der Waals surface area contributed by atoms with E-state index in [-0.39, 0.29) is 5.56 Å². The number of benzene rings is 1. The molecule has 4 nitrogen and oxygen atoms in total. The predicted molar refractivity (Wildman–Crippen MR) is 66.1 cm³/mol. The van der Waals surface area contributed by atoms with Crippen LogP contribution in [0, 0.1) is 0 Å². The first-order valence-corrected chi connectivity index (χ1v) is 5.78. The van der Waals surface area contributed by atoms with Crippen LogP contribution in [0.1, 0.15) is 11.1 Å². The van der Waals surface area contributed by atoms with E-state index >= 15 is 0 Å². The highest BCUT2D eigenvalue weighted by Crippen LogP contribution is 2.29. The molecule has 0 unspecified atom stereocenters. The predicted octanol–water partition coefficient (Wildman–Crippen LogP) is 2.66. The molecule has 2 rings (SSSR count). The van der Waals surface area contributed by atoms with Crippen LogP contribution in [-0.4, -0.2) is 23.5 Å². The number of aliphatic hydroxyl groups is 1. The lowest BCUT2D eigenvalue weighted by Gasteiger charge is -2.06. The van der Waals surface area contributed by atoms with Crippen LogP contribution in [0.15, 0.2) is 41.7 Å². The largest absolute Gasteiger partial charge is 0.507 e.